The van der Waals surface area contributed by atoms with Crippen molar-refractivity contribution in [1.82, 2.24) is 5.32 Å². The molecule has 0 atom stereocenters. The molecule has 0 aliphatic carbocycles. The van der Waals surface area contributed by atoms with Crippen molar-refractivity contribution in [1.29, 1.82) is 0 Å². The minimum Gasteiger partial charge on any atom is -0.505 e. The van der Waals surface area contributed by atoms with Crippen molar-refractivity contribution in [2.45, 2.75) is 13.0 Å². The summed E-state index contributed by atoms with van der Waals surface area (Å²) in [6.45, 7) is 1.83. The van der Waals surface area contributed by atoms with Crippen molar-refractivity contribution in [3.8, 4) is 16.9 Å². The molecule has 0 fully saturated rings. The molecule has 0 unspecified atom stereocenters. The van der Waals surface area contributed by atoms with Crippen LogP contribution in [-0.4, -0.2) is 11.7 Å². The van der Waals surface area contributed by atoms with Crippen LogP contribution in [0.15, 0.2) is 36.4 Å². The van der Waals surface area contributed by atoms with Crippen LogP contribution in [0.25, 0.3) is 11.1 Å². The highest BCUT2D eigenvalue weighted by Gasteiger charge is 2.13. The van der Waals surface area contributed by atoms with Gasteiger partial charge in [0, 0.05) is 12.1 Å². The van der Waals surface area contributed by atoms with Gasteiger partial charge in [0.15, 0.2) is 11.6 Å². The Balaban J connectivity index is 2.09. The van der Waals surface area contributed by atoms with Crippen molar-refractivity contribution < 1.29 is 9.50 Å². The SMILES string of the molecule is Oc1cccc(-c2ccc3c(c2)CCNC3)c1F. The zero-order chi connectivity index (χ0) is 12.5. The van der Waals surface area contributed by atoms with Crippen LogP contribution in [-0.2, 0) is 13.0 Å². The Kier molecular flexibility index (Phi) is 2.76. The minimum atomic E-state index is -0.550. The van der Waals surface area contributed by atoms with Crippen molar-refractivity contribution in [3.05, 3.63) is 53.3 Å². The van der Waals surface area contributed by atoms with Gasteiger partial charge in [0.25, 0.3) is 0 Å². The van der Waals surface area contributed by atoms with Crippen LogP contribution in [0.4, 0.5) is 4.39 Å². The highest BCUT2D eigenvalue weighted by atomic mass is 19.1. The number of nitrogens with one attached hydrogen (secondary N) is 1. The first-order valence-electron chi connectivity index (χ1n) is 6.06. The summed E-state index contributed by atoms with van der Waals surface area (Å²) in [5, 5.41) is 12.7. The molecule has 3 rings (SSSR count). The maximum Gasteiger partial charge on any atom is 0.172 e. The molecular weight excluding hydrogens is 229 g/mol. The molecule has 0 amide bonds. The van der Waals surface area contributed by atoms with Gasteiger partial charge in [0.1, 0.15) is 0 Å². The lowest BCUT2D eigenvalue weighted by atomic mass is 9.95. The standard InChI is InChI=1S/C15H14FNO/c16-15-13(2-1-3-14(15)18)11-4-5-12-9-17-7-6-10(12)8-11/h1-5,8,17-18H,6-7,9H2. The number of hydrogen-bond donors (Lipinski definition) is 2. The van der Waals surface area contributed by atoms with E-state index in [1.165, 1.54) is 17.2 Å². The van der Waals surface area contributed by atoms with Gasteiger partial charge in [-0.2, -0.15) is 0 Å². The Morgan fingerprint density at radius 1 is 1.11 bits per heavy atom. The molecule has 0 saturated heterocycles. The molecule has 18 heavy (non-hydrogen) atoms. The highest BCUT2D eigenvalue weighted by molar-refractivity contribution is 5.67. The third kappa shape index (κ3) is 1.87. The third-order valence-corrected chi connectivity index (χ3v) is 3.38. The molecule has 0 aromatic heterocycles. The second-order valence-electron chi connectivity index (χ2n) is 4.55. The summed E-state index contributed by atoms with van der Waals surface area (Å²) < 4.78 is 13.9. The molecule has 2 N–H and O–H groups in total. The fourth-order valence-corrected chi connectivity index (χ4v) is 2.39. The average Bonchev–Trinajstić information content (AvgIpc) is 2.41. The van der Waals surface area contributed by atoms with Gasteiger partial charge in [0.2, 0.25) is 0 Å². The molecule has 3 heteroatoms. The fourth-order valence-electron chi connectivity index (χ4n) is 2.39. The van der Waals surface area contributed by atoms with Gasteiger partial charge < -0.3 is 10.4 Å². The molecule has 2 aromatic rings. The Morgan fingerprint density at radius 2 is 2.00 bits per heavy atom. The summed E-state index contributed by atoms with van der Waals surface area (Å²) in [4.78, 5) is 0. The second-order valence-corrected chi connectivity index (χ2v) is 4.55. The van der Waals surface area contributed by atoms with E-state index in [4.69, 9.17) is 0 Å². The smallest absolute Gasteiger partial charge is 0.172 e. The average molecular weight is 243 g/mol. The third-order valence-electron chi connectivity index (χ3n) is 3.38. The first-order chi connectivity index (χ1) is 8.75. The Bertz CT molecular complexity index is 595. The first-order valence-corrected chi connectivity index (χ1v) is 6.06. The van der Waals surface area contributed by atoms with Gasteiger partial charge in [0.05, 0.1) is 0 Å². The van der Waals surface area contributed by atoms with E-state index in [2.05, 4.69) is 5.32 Å². The summed E-state index contributed by atoms with van der Waals surface area (Å²) in [5.41, 5.74) is 3.81. The largest absolute Gasteiger partial charge is 0.505 e. The number of fused-ring (bicyclic) bond motifs is 1. The predicted molar refractivity (Wildman–Crippen MR) is 68.9 cm³/mol. The summed E-state index contributed by atoms with van der Waals surface area (Å²) in [6.07, 6.45) is 0.962. The Morgan fingerprint density at radius 3 is 2.89 bits per heavy atom. The van der Waals surface area contributed by atoms with Crippen LogP contribution in [0.1, 0.15) is 11.1 Å². The van der Waals surface area contributed by atoms with E-state index >= 15 is 0 Å². The van der Waals surface area contributed by atoms with E-state index in [-0.39, 0.29) is 5.75 Å². The van der Waals surface area contributed by atoms with Gasteiger partial charge >= 0.3 is 0 Å². The number of aromatic hydroxyl groups is 1. The van der Waals surface area contributed by atoms with E-state index in [0.29, 0.717) is 5.56 Å². The summed E-state index contributed by atoms with van der Waals surface area (Å²) in [5.74, 6) is -0.849. The molecule has 0 saturated carbocycles. The molecule has 1 heterocycles. The Hall–Kier alpha value is -1.87. The normalized spacial score (nSPS) is 14.3. The lowest BCUT2D eigenvalue weighted by molar-refractivity contribution is 0.433. The van der Waals surface area contributed by atoms with E-state index in [9.17, 15) is 9.50 Å². The van der Waals surface area contributed by atoms with Crippen LogP contribution >= 0.6 is 0 Å². The molecule has 2 aromatic carbocycles. The second kappa shape index (κ2) is 4.42. The molecule has 2 nitrogen and oxygen atoms in total. The topological polar surface area (TPSA) is 32.3 Å². The molecule has 0 spiro atoms. The minimum absolute atomic E-state index is 0.299. The summed E-state index contributed by atoms with van der Waals surface area (Å²) >= 11 is 0. The van der Waals surface area contributed by atoms with E-state index in [0.717, 1.165) is 25.1 Å². The number of phenols is 1. The van der Waals surface area contributed by atoms with Crippen LogP contribution in [0, 0.1) is 5.82 Å². The number of hydrogen-bond acceptors (Lipinski definition) is 2. The van der Waals surface area contributed by atoms with E-state index < -0.39 is 5.82 Å². The molecule has 1 aliphatic heterocycles. The predicted octanol–water partition coefficient (Wildman–Crippen LogP) is 2.84. The van der Waals surface area contributed by atoms with Crippen LogP contribution in [0.3, 0.4) is 0 Å². The van der Waals surface area contributed by atoms with Crippen molar-refractivity contribution in [3.63, 3.8) is 0 Å². The van der Waals surface area contributed by atoms with E-state index in [1.54, 1.807) is 12.1 Å². The first kappa shape index (κ1) is 11.2. The molecule has 0 bridgehead atoms. The van der Waals surface area contributed by atoms with Gasteiger partial charge in [-0.1, -0.05) is 30.3 Å². The monoisotopic (exact) mass is 243 g/mol. The van der Waals surface area contributed by atoms with Crippen LogP contribution in [0.5, 0.6) is 5.75 Å². The zero-order valence-electron chi connectivity index (χ0n) is 9.91. The lowest BCUT2D eigenvalue weighted by Crippen LogP contribution is -2.23. The zero-order valence-corrected chi connectivity index (χ0v) is 9.91. The molecule has 0 radical (unpaired) electrons. The molecular formula is C15H14FNO. The number of rotatable bonds is 1. The van der Waals surface area contributed by atoms with Crippen molar-refractivity contribution >= 4 is 0 Å². The maximum atomic E-state index is 13.9. The van der Waals surface area contributed by atoms with Crippen molar-refractivity contribution in [2.75, 3.05) is 6.54 Å². The van der Waals surface area contributed by atoms with Gasteiger partial charge in [-0.25, -0.2) is 4.39 Å². The van der Waals surface area contributed by atoms with Crippen molar-refractivity contribution in [2.24, 2.45) is 0 Å². The van der Waals surface area contributed by atoms with Gasteiger partial charge in [-0.3, -0.25) is 0 Å². The number of halogens is 1. The summed E-state index contributed by atoms with van der Waals surface area (Å²) in [7, 11) is 0. The van der Waals surface area contributed by atoms with Crippen LogP contribution < -0.4 is 5.32 Å². The van der Waals surface area contributed by atoms with Gasteiger partial charge in [-0.15, -0.1) is 0 Å². The molecule has 92 valence electrons. The lowest BCUT2D eigenvalue weighted by Gasteiger charge is -2.18. The maximum absolute atomic E-state index is 13.9. The quantitative estimate of drug-likeness (QED) is 0.807. The van der Waals surface area contributed by atoms with Crippen LogP contribution in [0.2, 0.25) is 0 Å². The van der Waals surface area contributed by atoms with E-state index in [1.807, 2.05) is 18.2 Å². The fraction of sp³-hybridized carbons (Fsp3) is 0.200. The number of benzene rings is 2. The van der Waals surface area contributed by atoms with Gasteiger partial charge in [-0.05, 0) is 35.7 Å². The number of phenolic OH excluding ortho intramolecular Hbond substituents is 1. The highest BCUT2D eigenvalue weighted by Crippen LogP contribution is 2.30. The Labute approximate surface area is 105 Å². The summed E-state index contributed by atoms with van der Waals surface area (Å²) in [6, 6.07) is 10.7. The molecule has 1 aliphatic rings.